The molecule has 0 aliphatic heterocycles. The van der Waals surface area contributed by atoms with E-state index in [0.717, 1.165) is 0 Å². The van der Waals surface area contributed by atoms with Crippen molar-refractivity contribution in [3.8, 4) is 48.6 Å². The molecule has 0 aliphatic rings. The Morgan fingerprint density at radius 3 is 0.321 bits per heavy atom. The summed E-state index contributed by atoms with van der Waals surface area (Å²) >= 11 is 91.2. The Morgan fingerprint density at radius 2 is 0.250 bits per heavy atom. The summed E-state index contributed by atoms with van der Waals surface area (Å²) in [7, 11) is 0. The van der Waals surface area contributed by atoms with E-state index < -0.39 is 0 Å². The molecule has 0 heterocycles. The molecule has 4 rings (SSSR count). The first kappa shape index (κ1) is 51.5. The molecule has 0 fully saturated rings. The lowest BCUT2D eigenvalue weighted by atomic mass is 10.1. The van der Waals surface area contributed by atoms with E-state index >= 15 is 0 Å². The highest BCUT2D eigenvalue weighted by Crippen LogP contribution is 2.43. The van der Waals surface area contributed by atoms with Crippen LogP contribution in [0.15, 0.2) is 0 Å². The zero-order valence-electron chi connectivity index (χ0n) is 25.6. The SMILES string of the molecule is N#Cc1c(Cl)c(Cl)c(Cl)c(C#N)c1Cl.N#Cc1c(Cl)c(Cl)c(Cl)c(C#N)c1Cl.N#Cc1c(Cl)c(Cl)c(Cl)c(C#N)c1Cl.N#Cc1c(Cl)c(Cl)c(Cl)c(C#N)c1Cl. The average Bonchev–Trinajstić information content (AvgIpc) is 3.17. The van der Waals surface area contributed by atoms with Gasteiger partial charge in [-0.3, -0.25) is 0 Å². The third-order valence-corrected chi connectivity index (χ3v) is 12.8. The maximum absolute atomic E-state index is 8.70. The minimum absolute atomic E-state index is 0.0363. The zero-order valence-corrected chi connectivity index (χ0v) is 37.7. The third-order valence-electron chi connectivity index (χ3n) is 5.95. The van der Waals surface area contributed by atoms with Crippen molar-refractivity contribution >= 4 is 186 Å². The monoisotopic (exact) mass is 1060 g/mol. The highest BCUT2D eigenvalue weighted by Gasteiger charge is 2.23. The summed E-state index contributed by atoms with van der Waals surface area (Å²) in [5.74, 6) is 0. The van der Waals surface area contributed by atoms with Gasteiger partial charge in [0.1, 0.15) is 48.6 Å². The lowest BCUT2D eigenvalue weighted by Gasteiger charge is -2.05. The van der Waals surface area contributed by atoms with Crippen LogP contribution < -0.4 is 0 Å². The normalized spacial score (nSPS) is 9.29. The molecule has 0 bridgehead atoms. The number of nitriles is 8. The highest BCUT2D eigenvalue weighted by atomic mass is 35.5. The second-order valence-electron chi connectivity index (χ2n) is 8.92. The van der Waals surface area contributed by atoms with Crippen molar-refractivity contribution < 1.29 is 0 Å². The lowest BCUT2D eigenvalue weighted by molar-refractivity contribution is 1.45. The lowest BCUT2D eigenvalue weighted by Crippen LogP contribution is -1.89. The van der Waals surface area contributed by atoms with Gasteiger partial charge in [-0.05, 0) is 0 Å². The van der Waals surface area contributed by atoms with E-state index in [9.17, 15) is 0 Å². The Labute approximate surface area is 397 Å². The van der Waals surface area contributed by atoms with Gasteiger partial charge in [0.2, 0.25) is 0 Å². The summed E-state index contributed by atoms with van der Waals surface area (Å²) in [6, 6.07) is 14.0. The number of rotatable bonds is 0. The fraction of sp³-hybridized carbons (Fsp3) is 0. The maximum Gasteiger partial charge on any atom is 0.102 e. The summed E-state index contributed by atoms with van der Waals surface area (Å²) in [5.41, 5.74) is -0.339. The summed E-state index contributed by atoms with van der Waals surface area (Å²) in [6.07, 6.45) is 0. The minimum atomic E-state index is -0.0746. The standard InChI is InChI=1S/4C8Cl4N2/c4*9-5-3(1-13)6(10)8(12)7(11)4(5)2-14. The van der Waals surface area contributed by atoms with Gasteiger partial charge >= 0.3 is 0 Å². The van der Waals surface area contributed by atoms with Gasteiger partial charge in [0.25, 0.3) is 0 Å². The minimum Gasteiger partial charge on any atom is -0.192 e. The smallest absolute Gasteiger partial charge is 0.102 e. The molecule has 8 nitrogen and oxygen atoms in total. The van der Waals surface area contributed by atoms with Crippen molar-refractivity contribution in [1.82, 2.24) is 0 Å². The van der Waals surface area contributed by atoms with E-state index in [0.29, 0.717) is 0 Å². The second-order valence-corrected chi connectivity index (χ2v) is 15.0. The molecule has 0 aromatic heterocycles. The molecule has 4 aromatic rings. The van der Waals surface area contributed by atoms with Gasteiger partial charge < -0.3 is 0 Å². The molecule has 0 saturated heterocycles. The first-order valence-corrected chi connectivity index (χ1v) is 18.9. The van der Waals surface area contributed by atoms with E-state index in [4.69, 9.17) is 228 Å². The van der Waals surface area contributed by atoms with Crippen molar-refractivity contribution in [3.05, 3.63) is 125 Å². The van der Waals surface area contributed by atoms with Gasteiger partial charge in [-0.15, -0.1) is 0 Å². The first-order valence-electron chi connectivity index (χ1n) is 12.8. The van der Waals surface area contributed by atoms with E-state index in [2.05, 4.69) is 0 Å². The zero-order chi connectivity index (χ0) is 43.5. The van der Waals surface area contributed by atoms with Crippen molar-refractivity contribution in [2.24, 2.45) is 0 Å². The van der Waals surface area contributed by atoms with Gasteiger partial charge in [-0.2, -0.15) is 42.1 Å². The van der Waals surface area contributed by atoms with Crippen LogP contribution in [0.5, 0.6) is 0 Å². The van der Waals surface area contributed by atoms with Gasteiger partial charge in [0.05, 0.1) is 125 Å². The van der Waals surface area contributed by atoms with Crippen molar-refractivity contribution in [2.75, 3.05) is 0 Å². The molecule has 0 spiro atoms. The molecule has 0 aliphatic carbocycles. The predicted octanol–water partition coefficient (Wildman–Crippen LogP) is 16.2. The number of halogens is 16. The van der Waals surface area contributed by atoms with Gasteiger partial charge in [0, 0.05) is 0 Å². The van der Waals surface area contributed by atoms with Crippen LogP contribution in [-0.2, 0) is 0 Å². The summed E-state index contributed by atoms with van der Waals surface area (Å²) in [5, 5.41) is 68.9. The Morgan fingerprint density at radius 1 is 0.161 bits per heavy atom. The summed E-state index contributed by atoms with van der Waals surface area (Å²) < 4.78 is 0. The van der Waals surface area contributed by atoms with Gasteiger partial charge in [-0.25, -0.2) is 0 Å². The average molecular weight is 1060 g/mol. The molecule has 56 heavy (non-hydrogen) atoms. The van der Waals surface area contributed by atoms with Crippen LogP contribution in [0, 0.1) is 90.6 Å². The van der Waals surface area contributed by atoms with Crippen molar-refractivity contribution in [1.29, 1.82) is 42.1 Å². The molecule has 0 N–H and O–H groups in total. The van der Waals surface area contributed by atoms with Crippen molar-refractivity contribution in [2.45, 2.75) is 0 Å². The molecule has 0 unspecified atom stereocenters. The van der Waals surface area contributed by atoms with Crippen LogP contribution in [0.25, 0.3) is 0 Å². The number of hydrogen-bond donors (Lipinski definition) is 0. The Hall–Kier alpha value is -2.56. The number of benzene rings is 4. The molecule has 0 amide bonds. The summed E-state index contributed by atoms with van der Waals surface area (Å²) in [4.78, 5) is 0. The van der Waals surface area contributed by atoms with Crippen LogP contribution >= 0.6 is 186 Å². The highest BCUT2D eigenvalue weighted by molar-refractivity contribution is 6.53. The Balaban J connectivity index is 0.000000373. The molecule has 280 valence electrons. The van der Waals surface area contributed by atoms with E-state index in [1.165, 1.54) is 0 Å². The van der Waals surface area contributed by atoms with Crippen LogP contribution in [0.4, 0.5) is 0 Å². The quantitative estimate of drug-likeness (QED) is 0.123. The fourth-order valence-electron chi connectivity index (χ4n) is 3.32. The van der Waals surface area contributed by atoms with Crippen molar-refractivity contribution in [3.63, 3.8) is 0 Å². The second kappa shape index (κ2) is 23.1. The number of nitrogens with zero attached hydrogens (tertiary/aromatic N) is 8. The van der Waals surface area contributed by atoms with Crippen LogP contribution in [0.3, 0.4) is 0 Å². The predicted molar refractivity (Wildman–Crippen MR) is 224 cm³/mol. The third kappa shape index (κ3) is 10.9. The van der Waals surface area contributed by atoms with E-state index in [1.807, 2.05) is 0 Å². The van der Waals surface area contributed by atoms with E-state index in [-0.39, 0.29) is 125 Å². The van der Waals surface area contributed by atoms with E-state index in [1.54, 1.807) is 48.6 Å². The largest absolute Gasteiger partial charge is 0.192 e. The summed E-state index contributed by atoms with van der Waals surface area (Å²) in [6.45, 7) is 0. The molecular weight excluding hydrogens is 1060 g/mol. The first-order chi connectivity index (χ1) is 26.2. The van der Waals surface area contributed by atoms with Gasteiger partial charge in [-0.1, -0.05) is 186 Å². The van der Waals surface area contributed by atoms with Crippen LogP contribution in [0.1, 0.15) is 44.5 Å². The van der Waals surface area contributed by atoms with Gasteiger partial charge in [0.15, 0.2) is 0 Å². The maximum atomic E-state index is 8.70. The van der Waals surface area contributed by atoms with Crippen LogP contribution in [0.2, 0.25) is 80.4 Å². The molecule has 0 saturated carbocycles. The molecule has 0 radical (unpaired) electrons. The molecule has 0 atom stereocenters. The Bertz CT molecular complexity index is 2130. The number of hydrogen-bond acceptors (Lipinski definition) is 8. The topological polar surface area (TPSA) is 190 Å². The molecule has 24 heteroatoms. The molecule has 4 aromatic carbocycles. The Kier molecular flexibility index (Phi) is 21.3. The van der Waals surface area contributed by atoms with Crippen LogP contribution in [-0.4, -0.2) is 0 Å². The fourth-order valence-corrected chi connectivity index (χ4v) is 7.60. The molecular formula is C32Cl16N8.